The summed E-state index contributed by atoms with van der Waals surface area (Å²) in [6.45, 7) is 0. The summed E-state index contributed by atoms with van der Waals surface area (Å²) in [6, 6.07) is 41.9. The zero-order valence-electron chi connectivity index (χ0n) is 23.3. The highest BCUT2D eigenvalue weighted by atomic mass is 16.3. The lowest BCUT2D eigenvalue weighted by Crippen LogP contribution is -2.09. The molecule has 0 spiro atoms. The molecule has 5 heteroatoms. The number of pyridine rings is 1. The molecule has 4 aromatic heterocycles. The molecule has 206 valence electrons. The van der Waals surface area contributed by atoms with Crippen molar-refractivity contribution in [3.63, 3.8) is 0 Å². The lowest BCUT2D eigenvalue weighted by molar-refractivity contribution is 0.668. The van der Waals surface area contributed by atoms with Crippen LogP contribution >= 0.6 is 0 Å². The Balaban J connectivity index is 1.22. The number of furan rings is 3. The SMILES string of the molecule is c1ccc2c(c1)oc1ccc(N(c3ccc4c(c3)oc3cc5ccncc5cc34)c3ccc4oc5ccccc5c4c3)cc12. The topological polar surface area (TPSA) is 55.6 Å². The highest BCUT2D eigenvalue weighted by Crippen LogP contribution is 2.43. The molecule has 0 bridgehead atoms. The van der Waals surface area contributed by atoms with Crippen LogP contribution in [0.4, 0.5) is 17.1 Å². The van der Waals surface area contributed by atoms with Crippen LogP contribution in [-0.4, -0.2) is 4.98 Å². The molecule has 0 aliphatic heterocycles. The highest BCUT2D eigenvalue weighted by Gasteiger charge is 2.19. The van der Waals surface area contributed by atoms with Crippen LogP contribution in [0.2, 0.25) is 0 Å². The zero-order chi connectivity index (χ0) is 28.8. The van der Waals surface area contributed by atoms with Gasteiger partial charge in [0.1, 0.15) is 33.5 Å². The summed E-state index contributed by atoms with van der Waals surface area (Å²) in [6.07, 6.45) is 3.71. The van der Waals surface area contributed by atoms with Crippen molar-refractivity contribution in [2.45, 2.75) is 0 Å². The van der Waals surface area contributed by atoms with E-state index in [-0.39, 0.29) is 0 Å². The summed E-state index contributed by atoms with van der Waals surface area (Å²) in [5.41, 5.74) is 8.19. The van der Waals surface area contributed by atoms with Crippen molar-refractivity contribution in [2.24, 2.45) is 0 Å². The standard InChI is InChI=1S/C39H22N2O3/c1-3-7-34-28(5-1)32-19-25(10-13-36(32)42-34)41(26-11-14-37-33(20-26)29-6-2-4-8-35(29)43-37)27-9-12-30-31-17-24-22-40-16-15-23(24)18-38(31)44-39(30)21-27/h1-22H. The third-order valence-corrected chi connectivity index (χ3v) is 8.71. The van der Waals surface area contributed by atoms with Crippen LogP contribution in [0, 0.1) is 0 Å². The molecular formula is C39H22N2O3. The number of rotatable bonds is 3. The largest absolute Gasteiger partial charge is 0.456 e. The maximum atomic E-state index is 6.48. The van der Waals surface area contributed by atoms with E-state index in [4.69, 9.17) is 13.3 Å². The summed E-state index contributed by atoms with van der Waals surface area (Å²) in [7, 11) is 0. The first kappa shape index (κ1) is 23.5. The first-order chi connectivity index (χ1) is 21.8. The summed E-state index contributed by atoms with van der Waals surface area (Å²) < 4.78 is 18.8. The molecule has 0 unspecified atom stereocenters. The van der Waals surface area contributed by atoms with Crippen molar-refractivity contribution in [1.82, 2.24) is 4.98 Å². The monoisotopic (exact) mass is 566 g/mol. The van der Waals surface area contributed by atoms with Gasteiger partial charge in [-0.3, -0.25) is 4.98 Å². The number of hydrogen-bond acceptors (Lipinski definition) is 5. The fraction of sp³-hybridized carbons (Fsp3) is 0. The summed E-state index contributed by atoms with van der Waals surface area (Å²) in [5.74, 6) is 0. The van der Waals surface area contributed by atoms with Gasteiger partial charge in [0.2, 0.25) is 0 Å². The summed E-state index contributed by atoms with van der Waals surface area (Å²) >= 11 is 0. The van der Waals surface area contributed by atoms with Gasteiger partial charge in [-0.05, 0) is 84.2 Å². The molecular weight excluding hydrogens is 544 g/mol. The fourth-order valence-corrected chi connectivity index (χ4v) is 6.64. The Morgan fingerprint density at radius 1 is 0.386 bits per heavy atom. The van der Waals surface area contributed by atoms with E-state index in [2.05, 4.69) is 101 Å². The Hall–Kier alpha value is -6.07. The molecule has 10 aromatic rings. The van der Waals surface area contributed by atoms with Gasteiger partial charge in [-0.15, -0.1) is 0 Å². The van der Waals surface area contributed by atoms with Gasteiger partial charge in [0.05, 0.1) is 0 Å². The van der Waals surface area contributed by atoms with Crippen LogP contribution in [0.15, 0.2) is 147 Å². The molecule has 0 radical (unpaired) electrons. The lowest BCUT2D eigenvalue weighted by Gasteiger charge is -2.25. The minimum atomic E-state index is 0.829. The smallest absolute Gasteiger partial charge is 0.137 e. The van der Waals surface area contributed by atoms with Crippen molar-refractivity contribution in [3.8, 4) is 0 Å². The van der Waals surface area contributed by atoms with E-state index in [9.17, 15) is 0 Å². The quantitative estimate of drug-likeness (QED) is 0.213. The molecule has 0 N–H and O–H groups in total. The minimum Gasteiger partial charge on any atom is -0.456 e. The molecule has 0 atom stereocenters. The lowest BCUT2D eigenvalue weighted by atomic mass is 10.1. The van der Waals surface area contributed by atoms with Gasteiger partial charge in [-0.1, -0.05) is 36.4 Å². The molecule has 5 nitrogen and oxygen atoms in total. The molecule has 44 heavy (non-hydrogen) atoms. The van der Waals surface area contributed by atoms with Crippen molar-refractivity contribution in [1.29, 1.82) is 0 Å². The predicted octanol–water partition coefficient (Wildman–Crippen LogP) is 11.4. The Morgan fingerprint density at radius 3 is 1.61 bits per heavy atom. The number of anilines is 3. The highest BCUT2D eigenvalue weighted by molar-refractivity contribution is 6.12. The van der Waals surface area contributed by atoms with Crippen molar-refractivity contribution in [2.75, 3.05) is 4.90 Å². The number of nitrogens with zero attached hydrogens (tertiary/aromatic N) is 2. The Morgan fingerprint density at radius 2 is 0.909 bits per heavy atom. The molecule has 0 aliphatic carbocycles. The Kier molecular flexibility index (Phi) is 4.66. The predicted molar refractivity (Wildman–Crippen MR) is 178 cm³/mol. The van der Waals surface area contributed by atoms with E-state index in [0.29, 0.717) is 0 Å². The number of para-hydroxylation sites is 2. The molecule has 0 saturated heterocycles. The normalized spacial score (nSPS) is 12.1. The zero-order valence-corrected chi connectivity index (χ0v) is 23.3. The fourth-order valence-electron chi connectivity index (χ4n) is 6.64. The second-order valence-electron chi connectivity index (χ2n) is 11.2. The summed E-state index contributed by atoms with van der Waals surface area (Å²) in [5, 5.41) is 8.68. The summed E-state index contributed by atoms with van der Waals surface area (Å²) in [4.78, 5) is 6.58. The average molecular weight is 567 g/mol. The van der Waals surface area contributed by atoms with E-state index >= 15 is 0 Å². The molecule has 0 saturated carbocycles. The van der Waals surface area contributed by atoms with Gasteiger partial charge < -0.3 is 18.2 Å². The second-order valence-corrected chi connectivity index (χ2v) is 11.2. The molecule has 10 rings (SSSR count). The Labute approximate surface area is 250 Å². The van der Waals surface area contributed by atoms with Crippen LogP contribution in [-0.2, 0) is 0 Å². The van der Waals surface area contributed by atoms with Crippen molar-refractivity contribution < 1.29 is 13.3 Å². The minimum absolute atomic E-state index is 0.829. The number of aromatic nitrogens is 1. The van der Waals surface area contributed by atoms with Crippen molar-refractivity contribution in [3.05, 3.63) is 134 Å². The van der Waals surface area contributed by atoms with Crippen LogP contribution < -0.4 is 4.90 Å². The maximum absolute atomic E-state index is 6.48. The maximum Gasteiger partial charge on any atom is 0.137 e. The van der Waals surface area contributed by atoms with Gasteiger partial charge in [0.25, 0.3) is 0 Å². The van der Waals surface area contributed by atoms with E-state index in [0.717, 1.165) is 93.7 Å². The molecule has 6 aromatic carbocycles. The van der Waals surface area contributed by atoms with E-state index < -0.39 is 0 Å². The molecule has 4 heterocycles. The average Bonchev–Trinajstić information content (AvgIpc) is 3.74. The number of hydrogen-bond donors (Lipinski definition) is 0. The third-order valence-electron chi connectivity index (χ3n) is 8.71. The van der Waals surface area contributed by atoms with Crippen LogP contribution in [0.3, 0.4) is 0 Å². The number of fused-ring (bicyclic) bond motifs is 10. The van der Waals surface area contributed by atoms with E-state index in [1.807, 2.05) is 42.7 Å². The van der Waals surface area contributed by atoms with Crippen LogP contribution in [0.5, 0.6) is 0 Å². The third kappa shape index (κ3) is 3.38. The van der Waals surface area contributed by atoms with Crippen molar-refractivity contribution >= 4 is 93.7 Å². The van der Waals surface area contributed by atoms with Gasteiger partial charge in [0, 0.05) is 73.2 Å². The molecule has 0 fully saturated rings. The van der Waals surface area contributed by atoms with Gasteiger partial charge in [0.15, 0.2) is 0 Å². The second kappa shape index (κ2) is 8.72. The first-order valence-electron chi connectivity index (χ1n) is 14.6. The van der Waals surface area contributed by atoms with Gasteiger partial charge >= 0.3 is 0 Å². The first-order valence-corrected chi connectivity index (χ1v) is 14.6. The van der Waals surface area contributed by atoms with Crippen LogP contribution in [0.25, 0.3) is 76.6 Å². The van der Waals surface area contributed by atoms with E-state index in [1.165, 1.54) is 0 Å². The number of benzene rings is 6. The Bertz CT molecular complexity index is 2630. The molecule has 0 aliphatic rings. The van der Waals surface area contributed by atoms with E-state index in [1.54, 1.807) is 0 Å². The van der Waals surface area contributed by atoms with Gasteiger partial charge in [-0.25, -0.2) is 0 Å². The van der Waals surface area contributed by atoms with Gasteiger partial charge in [-0.2, -0.15) is 0 Å². The van der Waals surface area contributed by atoms with Crippen LogP contribution in [0.1, 0.15) is 0 Å². The molecule has 0 amide bonds.